The van der Waals surface area contributed by atoms with Crippen LogP contribution in [0.5, 0.6) is 0 Å². The average molecular weight is 268 g/mol. The molecule has 1 unspecified atom stereocenters. The molecule has 0 bridgehead atoms. The number of rotatable bonds is 6. The number of nitrogens with zero attached hydrogens (tertiary/aromatic N) is 2. The van der Waals surface area contributed by atoms with Gasteiger partial charge in [0, 0.05) is 31.7 Å². The van der Waals surface area contributed by atoms with Gasteiger partial charge in [-0.25, -0.2) is 0 Å². The predicted octanol–water partition coefficient (Wildman–Crippen LogP) is 1.75. The molecule has 1 saturated carbocycles. The van der Waals surface area contributed by atoms with Crippen molar-refractivity contribution in [3.05, 3.63) is 0 Å². The minimum atomic E-state index is -0.0184. The Hall–Kier alpha value is -0.610. The van der Waals surface area contributed by atoms with Gasteiger partial charge in [0.2, 0.25) is 0 Å². The quantitative estimate of drug-likeness (QED) is 0.687. The smallest absolute Gasteiger partial charge is 0.307 e. The van der Waals surface area contributed by atoms with Crippen LogP contribution in [0.4, 0.5) is 0 Å². The highest BCUT2D eigenvalue weighted by Crippen LogP contribution is 2.47. The van der Waals surface area contributed by atoms with Gasteiger partial charge in [-0.2, -0.15) is 0 Å². The predicted molar refractivity (Wildman–Crippen MR) is 76.1 cm³/mol. The van der Waals surface area contributed by atoms with E-state index in [-0.39, 0.29) is 11.5 Å². The molecule has 0 aromatic heterocycles. The zero-order chi connectivity index (χ0) is 13.9. The summed E-state index contributed by atoms with van der Waals surface area (Å²) in [5.41, 5.74) is 0.0630. The second-order valence-electron chi connectivity index (χ2n) is 6.00. The van der Waals surface area contributed by atoms with E-state index in [0.717, 1.165) is 32.6 Å². The van der Waals surface area contributed by atoms with E-state index in [2.05, 4.69) is 23.8 Å². The third-order valence-electron chi connectivity index (χ3n) is 4.84. The lowest BCUT2D eigenvalue weighted by atomic mass is 9.83. The number of piperazine rings is 1. The molecule has 1 aliphatic carbocycles. The Morgan fingerprint density at radius 3 is 2.32 bits per heavy atom. The number of esters is 1. The molecule has 110 valence electrons. The zero-order valence-electron chi connectivity index (χ0n) is 12.7. The number of carbonyl (C=O) groups excluding carboxylic acids is 1. The lowest BCUT2D eigenvalue weighted by Gasteiger charge is -2.47. The maximum absolute atomic E-state index is 12.0. The van der Waals surface area contributed by atoms with Gasteiger partial charge in [0.15, 0.2) is 0 Å². The Morgan fingerprint density at radius 1 is 1.21 bits per heavy atom. The highest BCUT2D eigenvalue weighted by molar-refractivity contribution is 5.71. The van der Waals surface area contributed by atoms with Crippen molar-refractivity contribution in [2.24, 2.45) is 5.92 Å². The first-order chi connectivity index (χ1) is 9.12. The van der Waals surface area contributed by atoms with E-state index >= 15 is 0 Å². The van der Waals surface area contributed by atoms with Crippen LogP contribution in [-0.2, 0) is 9.53 Å². The summed E-state index contributed by atoms with van der Waals surface area (Å²) in [5.74, 6) is 0.681. The molecule has 2 aliphatic rings. The van der Waals surface area contributed by atoms with Crippen molar-refractivity contribution in [3.63, 3.8) is 0 Å². The largest absolute Gasteiger partial charge is 0.466 e. The van der Waals surface area contributed by atoms with Crippen molar-refractivity contribution < 1.29 is 9.53 Å². The monoisotopic (exact) mass is 268 g/mol. The van der Waals surface area contributed by atoms with Gasteiger partial charge in [-0.1, -0.05) is 6.92 Å². The molecule has 0 N–H and O–H groups in total. The first-order valence-corrected chi connectivity index (χ1v) is 7.71. The Balaban J connectivity index is 2.07. The summed E-state index contributed by atoms with van der Waals surface area (Å²) in [5, 5.41) is 0. The van der Waals surface area contributed by atoms with Gasteiger partial charge >= 0.3 is 5.97 Å². The fraction of sp³-hybridized carbons (Fsp3) is 0.933. The van der Waals surface area contributed by atoms with E-state index in [1.165, 1.54) is 12.8 Å². The fourth-order valence-electron chi connectivity index (χ4n) is 3.49. The standard InChI is InChI=1S/C15H28N2O2/c1-4-15(13-6-7-13,12-14(18)19-5-2)17-10-8-16(3)9-11-17/h13H,4-12H2,1-3H3. The number of likely N-dealkylation sites (N-methyl/N-ethyl adjacent to an activating group) is 1. The summed E-state index contributed by atoms with van der Waals surface area (Å²) in [6.45, 7) is 9.00. The van der Waals surface area contributed by atoms with E-state index in [9.17, 15) is 4.79 Å². The van der Waals surface area contributed by atoms with Crippen LogP contribution in [-0.4, -0.2) is 61.1 Å². The second-order valence-corrected chi connectivity index (χ2v) is 6.00. The maximum atomic E-state index is 12.0. The Bertz CT molecular complexity index is 309. The molecule has 0 aromatic carbocycles. The van der Waals surface area contributed by atoms with Crippen molar-refractivity contribution in [2.75, 3.05) is 39.8 Å². The first kappa shape index (κ1) is 14.8. The van der Waals surface area contributed by atoms with Gasteiger partial charge in [-0.05, 0) is 39.2 Å². The lowest BCUT2D eigenvalue weighted by molar-refractivity contribution is -0.148. The van der Waals surface area contributed by atoms with Gasteiger partial charge in [0.05, 0.1) is 13.0 Å². The van der Waals surface area contributed by atoms with Crippen LogP contribution >= 0.6 is 0 Å². The SMILES string of the molecule is CCOC(=O)CC(CC)(C1CC1)N1CCN(C)CC1. The molecule has 0 radical (unpaired) electrons. The molecule has 1 saturated heterocycles. The molecule has 4 nitrogen and oxygen atoms in total. The molecule has 0 spiro atoms. The van der Waals surface area contributed by atoms with E-state index in [1.54, 1.807) is 0 Å². The highest BCUT2D eigenvalue weighted by atomic mass is 16.5. The average Bonchev–Trinajstić information content (AvgIpc) is 3.22. The molecule has 0 amide bonds. The highest BCUT2D eigenvalue weighted by Gasteiger charge is 2.49. The number of hydrogen-bond donors (Lipinski definition) is 0. The Labute approximate surface area is 117 Å². The normalized spacial score (nSPS) is 25.0. The molecule has 0 aromatic rings. The van der Waals surface area contributed by atoms with E-state index < -0.39 is 0 Å². The topological polar surface area (TPSA) is 32.8 Å². The molecular weight excluding hydrogens is 240 g/mol. The molecular formula is C15H28N2O2. The zero-order valence-corrected chi connectivity index (χ0v) is 12.7. The van der Waals surface area contributed by atoms with Gasteiger partial charge in [-0.3, -0.25) is 9.69 Å². The minimum Gasteiger partial charge on any atom is -0.466 e. The van der Waals surface area contributed by atoms with Crippen LogP contribution < -0.4 is 0 Å². The minimum absolute atomic E-state index is 0.0184. The van der Waals surface area contributed by atoms with Gasteiger partial charge in [-0.15, -0.1) is 0 Å². The molecule has 19 heavy (non-hydrogen) atoms. The van der Waals surface area contributed by atoms with Crippen LogP contribution in [0.1, 0.15) is 39.5 Å². The van der Waals surface area contributed by atoms with Crippen LogP contribution in [0, 0.1) is 5.92 Å². The van der Waals surface area contributed by atoms with Crippen molar-refractivity contribution in [1.82, 2.24) is 9.80 Å². The van der Waals surface area contributed by atoms with Gasteiger partial charge in [0.25, 0.3) is 0 Å². The van der Waals surface area contributed by atoms with Crippen LogP contribution in [0.2, 0.25) is 0 Å². The number of ether oxygens (including phenoxy) is 1. The summed E-state index contributed by atoms with van der Waals surface area (Å²) in [4.78, 5) is 16.9. The molecule has 1 aliphatic heterocycles. The molecule has 2 fully saturated rings. The molecule has 1 atom stereocenters. The molecule has 2 rings (SSSR count). The van der Waals surface area contributed by atoms with Gasteiger partial charge < -0.3 is 9.64 Å². The van der Waals surface area contributed by atoms with Crippen LogP contribution in [0.25, 0.3) is 0 Å². The molecule has 1 heterocycles. The lowest BCUT2D eigenvalue weighted by Crippen LogP contribution is -2.58. The number of carbonyl (C=O) groups is 1. The number of hydrogen-bond acceptors (Lipinski definition) is 4. The summed E-state index contributed by atoms with van der Waals surface area (Å²) < 4.78 is 5.21. The third kappa shape index (κ3) is 3.29. The Morgan fingerprint density at radius 2 is 1.84 bits per heavy atom. The van der Waals surface area contributed by atoms with E-state index in [1.807, 2.05) is 6.92 Å². The van der Waals surface area contributed by atoms with E-state index in [0.29, 0.717) is 18.9 Å². The molecule has 4 heteroatoms. The first-order valence-electron chi connectivity index (χ1n) is 7.71. The maximum Gasteiger partial charge on any atom is 0.307 e. The fourth-order valence-corrected chi connectivity index (χ4v) is 3.49. The Kier molecular flexibility index (Phi) is 4.85. The van der Waals surface area contributed by atoms with Crippen molar-refractivity contribution in [3.8, 4) is 0 Å². The van der Waals surface area contributed by atoms with E-state index in [4.69, 9.17) is 4.74 Å². The summed E-state index contributed by atoms with van der Waals surface area (Å²) in [7, 11) is 2.17. The van der Waals surface area contributed by atoms with Gasteiger partial charge in [0.1, 0.15) is 0 Å². The van der Waals surface area contributed by atoms with Crippen LogP contribution in [0.3, 0.4) is 0 Å². The second kappa shape index (κ2) is 6.23. The third-order valence-corrected chi connectivity index (χ3v) is 4.84. The van der Waals surface area contributed by atoms with Crippen molar-refractivity contribution in [1.29, 1.82) is 0 Å². The summed E-state index contributed by atoms with van der Waals surface area (Å²) >= 11 is 0. The summed E-state index contributed by atoms with van der Waals surface area (Å²) in [6.07, 6.45) is 4.19. The van der Waals surface area contributed by atoms with Crippen LogP contribution in [0.15, 0.2) is 0 Å². The van der Waals surface area contributed by atoms with Crippen molar-refractivity contribution >= 4 is 5.97 Å². The summed E-state index contributed by atoms with van der Waals surface area (Å²) in [6, 6.07) is 0. The van der Waals surface area contributed by atoms with Crippen molar-refractivity contribution in [2.45, 2.75) is 45.1 Å².